The van der Waals surface area contributed by atoms with Gasteiger partial charge in [0.1, 0.15) is 11.6 Å². The fourth-order valence-corrected chi connectivity index (χ4v) is 2.61. The van der Waals surface area contributed by atoms with Crippen LogP contribution in [0.25, 0.3) is 0 Å². The van der Waals surface area contributed by atoms with E-state index in [9.17, 15) is 4.39 Å². The molecule has 0 aromatic heterocycles. The molecule has 0 spiro atoms. The quantitative estimate of drug-likeness (QED) is 0.870. The molecular weight excluding hydrogens is 265 g/mol. The molecule has 0 saturated heterocycles. The molecule has 112 valence electrons. The fraction of sp³-hybridized carbons (Fsp3) is 0.333. The van der Waals surface area contributed by atoms with Crippen LogP contribution >= 0.6 is 0 Å². The second-order valence-electron chi connectivity index (χ2n) is 5.35. The molecule has 2 aromatic carbocycles. The molecule has 0 bridgehead atoms. The maximum absolute atomic E-state index is 14.1. The Morgan fingerprint density at radius 1 is 1.00 bits per heavy atom. The van der Waals surface area contributed by atoms with Gasteiger partial charge in [0, 0.05) is 23.7 Å². The highest BCUT2D eigenvalue weighted by atomic mass is 19.1. The lowest BCUT2D eigenvalue weighted by atomic mass is 10.0. The largest absolute Gasteiger partial charge is 0.497 e. The molecule has 1 N–H and O–H groups in total. The van der Waals surface area contributed by atoms with E-state index in [1.165, 1.54) is 24.3 Å². The molecule has 2 nitrogen and oxygen atoms in total. The predicted octanol–water partition coefficient (Wildman–Crippen LogP) is 4.55. The maximum Gasteiger partial charge on any atom is 0.131 e. The minimum absolute atomic E-state index is 0.0782. The van der Waals surface area contributed by atoms with E-state index in [2.05, 4.69) is 31.3 Å². The van der Waals surface area contributed by atoms with Crippen molar-refractivity contribution in [2.45, 2.75) is 32.9 Å². The van der Waals surface area contributed by atoms with E-state index < -0.39 is 0 Å². The highest BCUT2D eigenvalue weighted by molar-refractivity contribution is 5.32. The Hall–Kier alpha value is -1.87. The highest BCUT2D eigenvalue weighted by Crippen LogP contribution is 2.25. The zero-order valence-electron chi connectivity index (χ0n) is 13.0. The molecule has 0 saturated carbocycles. The van der Waals surface area contributed by atoms with E-state index in [0.29, 0.717) is 11.3 Å². The lowest BCUT2D eigenvalue weighted by molar-refractivity contribution is 0.408. The van der Waals surface area contributed by atoms with Gasteiger partial charge in [0.25, 0.3) is 0 Å². The second-order valence-corrected chi connectivity index (χ2v) is 5.35. The van der Waals surface area contributed by atoms with Crippen LogP contribution in [0, 0.1) is 12.7 Å². The van der Waals surface area contributed by atoms with E-state index in [1.807, 2.05) is 19.1 Å². The summed E-state index contributed by atoms with van der Waals surface area (Å²) >= 11 is 0. The van der Waals surface area contributed by atoms with Gasteiger partial charge in [-0.05, 0) is 38.0 Å². The normalized spacial score (nSPS) is 13.8. The number of hydrogen-bond donors (Lipinski definition) is 1. The summed E-state index contributed by atoms with van der Waals surface area (Å²) in [6.07, 6.45) is 0. The van der Waals surface area contributed by atoms with Crippen LogP contribution in [0.2, 0.25) is 0 Å². The highest BCUT2D eigenvalue weighted by Gasteiger charge is 2.16. The summed E-state index contributed by atoms with van der Waals surface area (Å²) in [6.45, 7) is 6.16. The molecule has 0 heterocycles. The third-order valence-corrected chi connectivity index (χ3v) is 3.83. The molecule has 2 unspecified atom stereocenters. The number of hydrogen-bond acceptors (Lipinski definition) is 2. The number of aryl methyl sites for hydroxylation is 1. The molecule has 0 radical (unpaired) electrons. The van der Waals surface area contributed by atoms with Gasteiger partial charge in [0.05, 0.1) is 7.11 Å². The average molecular weight is 287 g/mol. The van der Waals surface area contributed by atoms with E-state index in [-0.39, 0.29) is 17.9 Å². The Morgan fingerprint density at radius 2 is 1.67 bits per heavy atom. The average Bonchev–Trinajstić information content (AvgIpc) is 2.47. The standard InChI is InChI=1S/C18H22FNO/c1-12-7-5-6-8-16(12)13(2)20-14(3)17-10-9-15(21-4)11-18(17)19/h5-11,13-14,20H,1-4H3. The monoisotopic (exact) mass is 287 g/mol. The van der Waals surface area contributed by atoms with Crippen LogP contribution in [0.3, 0.4) is 0 Å². The number of ether oxygens (including phenoxy) is 1. The van der Waals surface area contributed by atoms with Gasteiger partial charge in [-0.15, -0.1) is 0 Å². The first-order chi connectivity index (χ1) is 10.0. The molecule has 2 aromatic rings. The Balaban J connectivity index is 2.14. The minimum atomic E-state index is -0.244. The predicted molar refractivity (Wildman–Crippen MR) is 84.1 cm³/mol. The molecule has 0 fully saturated rings. The van der Waals surface area contributed by atoms with Crippen molar-refractivity contribution in [3.8, 4) is 5.75 Å². The topological polar surface area (TPSA) is 21.3 Å². The molecule has 0 aliphatic heterocycles. The Morgan fingerprint density at radius 3 is 2.29 bits per heavy atom. The molecule has 21 heavy (non-hydrogen) atoms. The molecule has 0 aliphatic rings. The number of nitrogens with one attached hydrogen (secondary N) is 1. The van der Waals surface area contributed by atoms with Crippen LogP contribution in [0.15, 0.2) is 42.5 Å². The van der Waals surface area contributed by atoms with Crippen molar-refractivity contribution >= 4 is 0 Å². The van der Waals surface area contributed by atoms with Gasteiger partial charge in [-0.25, -0.2) is 4.39 Å². The summed E-state index contributed by atoms with van der Waals surface area (Å²) < 4.78 is 19.1. The van der Waals surface area contributed by atoms with Crippen molar-refractivity contribution in [3.05, 3.63) is 65.0 Å². The van der Waals surface area contributed by atoms with Gasteiger partial charge in [-0.3, -0.25) is 0 Å². The van der Waals surface area contributed by atoms with Gasteiger partial charge in [-0.1, -0.05) is 30.3 Å². The molecule has 2 rings (SSSR count). The summed E-state index contributed by atoms with van der Waals surface area (Å²) in [7, 11) is 1.54. The number of benzene rings is 2. The number of methoxy groups -OCH3 is 1. The van der Waals surface area contributed by atoms with Gasteiger partial charge in [0.15, 0.2) is 0 Å². The smallest absolute Gasteiger partial charge is 0.131 e. The SMILES string of the molecule is COc1ccc(C(C)NC(C)c2ccccc2C)c(F)c1. The van der Waals surface area contributed by atoms with Crippen LogP contribution in [-0.2, 0) is 0 Å². The summed E-state index contributed by atoms with van der Waals surface area (Å²) in [6, 6.07) is 13.3. The lowest BCUT2D eigenvalue weighted by Gasteiger charge is -2.22. The van der Waals surface area contributed by atoms with E-state index in [1.54, 1.807) is 12.1 Å². The van der Waals surface area contributed by atoms with E-state index >= 15 is 0 Å². The summed E-state index contributed by atoms with van der Waals surface area (Å²) in [4.78, 5) is 0. The zero-order valence-corrected chi connectivity index (χ0v) is 13.0. The van der Waals surface area contributed by atoms with Crippen LogP contribution in [-0.4, -0.2) is 7.11 Å². The third-order valence-electron chi connectivity index (χ3n) is 3.83. The Bertz CT molecular complexity index is 612. The Labute approximate surface area is 126 Å². The maximum atomic E-state index is 14.1. The number of halogens is 1. The van der Waals surface area contributed by atoms with Crippen molar-refractivity contribution in [3.63, 3.8) is 0 Å². The summed E-state index contributed by atoms with van der Waals surface area (Å²) in [5.41, 5.74) is 3.12. The summed E-state index contributed by atoms with van der Waals surface area (Å²) in [5.74, 6) is 0.293. The first-order valence-corrected chi connectivity index (χ1v) is 7.18. The van der Waals surface area contributed by atoms with Crippen molar-refractivity contribution < 1.29 is 9.13 Å². The molecular formula is C18H22FNO. The lowest BCUT2D eigenvalue weighted by Crippen LogP contribution is -2.23. The number of rotatable bonds is 5. The van der Waals surface area contributed by atoms with Crippen LogP contribution in [0.1, 0.15) is 42.6 Å². The third kappa shape index (κ3) is 3.61. The second kappa shape index (κ2) is 6.72. The first kappa shape index (κ1) is 15.5. The van der Waals surface area contributed by atoms with Gasteiger partial charge >= 0.3 is 0 Å². The van der Waals surface area contributed by atoms with Crippen LogP contribution in [0.5, 0.6) is 5.75 Å². The molecule has 0 amide bonds. The zero-order chi connectivity index (χ0) is 15.4. The first-order valence-electron chi connectivity index (χ1n) is 7.18. The van der Waals surface area contributed by atoms with Crippen molar-refractivity contribution in [1.82, 2.24) is 5.32 Å². The Kier molecular flexibility index (Phi) is 4.97. The minimum Gasteiger partial charge on any atom is -0.497 e. The van der Waals surface area contributed by atoms with Gasteiger partial charge < -0.3 is 10.1 Å². The summed E-state index contributed by atoms with van der Waals surface area (Å²) in [5, 5.41) is 3.45. The molecule has 3 heteroatoms. The van der Waals surface area contributed by atoms with E-state index in [0.717, 1.165) is 0 Å². The van der Waals surface area contributed by atoms with Gasteiger partial charge in [-0.2, -0.15) is 0 Å². The van der Waals surface area contributed by atoms with Crippen molar-refractivity contribution in [1.29, 1.82) is 0 Å². The van der Waals surface area contributed by atoms with Crippen molar-refractivity contribution in [2.24, 2.45) is 0 Å². The van der Waals surface area contributed by atoms with Crippen LogP contribution < -0.4 is 10.1 Å². The van der Waals surface area contributed by atoms with E-state index in [4.69, 9.17) is 4.74 Å². The van der Waals surface area contributed by atoms with Crippen molar-refractivity contribution in [2.75, 3.05) is 7.11 Å². The fourth-order valence-electron chi connectivity index (χ4n) is 2.61. The molecule has 2 atom stereocenters. The molecule has 0 aliphatic carbocycles. The van der Waals surface area contributed by atoms with Gasteiger partial charge in [0.2, 0.25) is 0 Å². The van der Waals surface area contributed by atoms with Crippen LogP contribution in [0.4, 0.5) is 4.39 Å².